The van der Waals surface area contributed by atoms with Gasteiger partial charge in [0, 0.05) is 28.7 Å². The molecule has 0 radical (unpaired) electrons. The Morgan fingerprint density at radius 1 is 1.47 bits per heavy atom. The second-order valence-electron chi connectivity index (χ2n) is 3.52. The highest BCUT2D eigenvalue weighted by atomic mass is 32.1. The number of aromatic nitrogens is 2. The number of thiophene rings is 1. The summed E-state index contributed by atoms with van der Waals surface area (Å²) in [7, 11) is 0. The summed E-state index contributed by atoms with van der Waals surface area (Å²) in [5, 5.41) is 8.56. The number of nitrogens with one attached hydrogen (secondary N) is 1. The van der Waals surface area contributed by atoms with Crippen LogP contribution in [0, 0.1) is 0 Å². The smallest absolute Gasteiger partial charge is 0.252 e. The fraction of sp³-hybridized carbons (Fsp3) is 0.0909. The van der Waals surface area contributed by atoms with Gasteiger partial charge in [-0.2, -0.15) is 11.3 Å². The third kappa shape index (κ3) is 2.09. The van der Waals surface area contributed by atoms with Gasteiger partial charge in [0.15, 0.2) is 4.96 Å². The molecule has 3 rings (SSSR count). The molecule has 0 aliphatic rings. The van der Waals surface area contributed by atoms with Crippen LogP contribution in [0.15, 0.2) is 34.6 Å². The lowest BCUT2D eigenvalue weighted by atomic mass is 10.3. The molecule has 0 spiro atoms. The Morgan fingerprint density at radius 2 is 2.41 bits per heavy atom. The van der Waals surface area contributed by atoms with E-state index in [0.29, 0.717) is 12.1 Å². The van der Waals surface area contributed by atoms with Crippen LogP contribution in [0.4, 0.5) is 0 Å². The summed E-state index contributed by atoms with van der Waals surface area (Å²) < 4.78 is 1.96. The molecule has 6 heteroatoms. The molecule has 0 saturated carbocycles. The molecule has 0 fully saturated rings. The molecule has 3 aromatic heterocycles. The number of rotatable bonds is 3. The minimum atomic E-state index is -0.0531. The summed E-state index contributed by atoms with van der Waals surface area (Å²) in [5.74, 6) is -0.0531. The molecule has 86 valence electrons. The molecule has 3 aromatic rings. The molecule has 0 aliphatic carbocycles. The van der Waals surface area contributed by atoms with Gasteiger partial charge in [-0.3, -0.25) is 9.20 Å². The van der Waals surface area contributed by atoms with Gasteiger partial charge in [0.2, 0.25) is 0 Å². The molecule has 0 unspecified atom stereocenters. The number of imidazole rings is 1. The van der Waals surface area contributed by atoms with Crippen LogP contribution < -0.4 is 5.32 Å². The fourth-order valence-electron chi connectivity index (χ4n) is 1.53. The number of carbonyl (C=O) groups excluding carboxylic acids is 1. The van der Waals surface area contributed by atoms with Crippen LogP contribution in [0.5, 0.6) is 0 Å². The van der Waals surface area contributed by atoms with Crippen LogP contribution in [0.25, 0.3) is 4.96 Å². The van der Waals surface area contributed by atoms with Crippen LogP contribution in [-0.4, -0.2) is 15.3 Å². The maximum absolute atomic E-state index is 11.7. The zero-order chi connectivity index (χ0) is 11.7. The SMILES string of the molecule is O=C(NCc1cn2ccsc2n1)c1ccsc1. The quantitative estimate of drug-likeness (QED) is 0.788. The molecule has 0 bridgehead atoms. The lowest BCUT2D eigenvalue weighted by Crippen LogP contribution is -2.22. The molecule has 17 heavy (non-hydrogen) atoms. The first-order valence-corrected chi connectivity index (χ1v) is 6.86. The Kier molecular flexibility index (Phi) is 2.66. The maximum atomic E-state index is 11.7. The van der Waals surface area contributed by atoms with Gasteiger partial charge in [0.05, 0.1) is 12.2 Å². The largest absolute Gasteiger partial charge is 0.346 e. The molecule has 0 atom stereocenters. The monoisotopic (exact) mass is 263 g/mol. The number of amides is 1. The van der Waals surface area contributed by atoms with Crippen molar-refractivity contribution in [1.82, 2.24) is 14.7 Å². The van der Waals surface area contributed by atoms with Crippen molar-refractivity contribution in [2.24, 2.45) is 0 Å². The Hall–Kier alpha value is -1.66. The average molecular weight is 263 g/mol. The van der Waals surface area contributed by atoms with Crippen molar-refractivity contribution >= 4 is 33.5 Å². The van der Waals surface area contributed by atoms with Crippen molar-refractivity contribution in [3.05, 3.63) is 45.9 Å². The molecule has 0 saturated heterocycles. The standard InChI is InChI=1S/C11H9N3OS2/c15-10(8-1-3-16-7-8)12-5-9-6-14-2-4-17-11(14)13-9/h1-4,6-7H,5H2,(H,12,15). The lowest BCUT2D eigenvalue weighted by molar-refractivity contribution is 0.0951. The Labute approximate surface area is 106 Å². The first-order chi connectivity index (χ1) is 8.33. The predicted octanol–water partition coefficient (Wildman–Crippen LogP) is 2.39. The van der Waals surface area contributed by atoms with Gasteiger partial charge in [-0.05, 0) is 11.4 Å². The second kappa shape index (κ2) is 4.31. The summed E-state index contributed by atoms with van der Waals surface area (Å²) in [6, 6.07) is 1.81. The third-order valence-electron chi connectivity index (χ3n) is 2.36. The lowest BCUT2D eigenvalue weighted by Gasteiger charge is -2.00. The van der Waals surface area contributed by atoms with E-state index in [4.69, 9.17) is 0 Å². The van der Waals surface area contributed by atoms with Gasteiger partial charge in [-0.15, -0.1) is 11.3 Å². The second-order valence-corrected chi connectivity index (χ2v) is 5.17. The minimum absolute atomic E-state index is 0.0531. The normalized spacial score (nSPS) is 10.8. The maximum Gasteiger partial charge on any atom is 0.252 e. The van der Waals surface area contributed by atoms with Crippen molar-refractivity contribution in [2.75, 3.05) is 0 Å². The van der Waals surface area contributed by atoms with Gasteiger partial charge in [0.25, 0.3) is 5.91 Å². The van der Waals surface area contributed by atoms with E-state index in [2.05, 4.69) is 10.3 Å². The first kappa shape index (κ1) is 10.5. The van der Waals surface area contributed by atoms with E-state index >= 15 is 0 Å². The minimum Gasteiger partial charge on any atom is -0.346 e. The van der Waals surface area contributed by atoms with E-state index < -0.39 is 0 Å². The highest BCUT2D eigenvalue weighted by molar-refractivity contribution is 7.15. The molecular weight excluding hydrogens is 254 g/mol. The summed E-state index contributed by atoms with van der Waals surface area (Å²) in [6.07, 6.45) is 3.89. The van der Waals surface area contributed by atoms with E-state index in [-0.39, 0.29) is 5.91 Å². The van der Waals surface area contributed by atoms with E-state index in [1.165, 1.54) is 11.3 Å². The Morgan fingerprint density at radius 3 is 3.18 bits per heavy atom. The predicted molar refractivity (Wildman–Crippen MR) is 68.6 cm³/mol. The van der Waals surface area contributed by atoms with Gasteiger partial charge in [-0.1, -0.05) is 0 Å². The topological polar surface area (TPSA) is 46.4 Å². The first-order valence-electron chi connectivity index (χ1n) is 5.04. The summed E-state index contributed by atoms with van der Waals surface area (Å²) in [6.45, 7) is 0.461. The number of fused-ring (bicyclic) bond motifs is 1. The molecule has 4 nitrogen and oxygen atoms in total. The highest BCUT2D eigenvalue weighted by Gasteiger charge is 2.07. The van der Waals surface area contributed by atoms with E-state index in [0.717, 1.165) is 10.7 Å². The molecular formula is C11H9N3OS2. The zero-order valence-corrected chi connectivity index (χ0v) is 10.4. The molecule has 1 amide bonds. The Bertz CT molecular complexity index is 610. The number of hydrogen-bond acceptors (Lipinski definition) is 4. The van der Waals surface area contributed by atoms with Crippen LogP contribution in [0.1, 0.15) is 16.1 Å². The van der Waals surface area contributed by atoms with Gasteiger partial charge in [0.1, 0.15) is 0 Å². The van der Waals surface area contributed by atoms with Crippen LogP contribution in [-0.2, 0) is 6.54 Å². The Balaban J connectivity index is 1.68. The molecule has 1 N–H and O–H groups in total. The summed E-state index contributed by atoms with van der Waals surface area (Å²) in [5.41, 5.74) is 1.58. The fourth-order valence-corrected chi connectivity index (χ4v) is 2.88. The number of thiazole rings is 1. The highest BCUT2D eigenvalue weighted by Crippen LogP contribution is 2.11. The van der Waals surface area contributed by atoms with Crippen molar-refractivity contribution in [3.63, 3.8) is 0 Å². The van der Waals surface area contributed by atoms with Crippen LogP contribution >= 0.6 is 22.7 Å². The van der Waals surface area contributed by atoms with Crippen molar-refractivity contribution < 1.29 is 4.79 Å². The zero-order valence-electron chi connectivity index (χ0n) is 8.79. The van der Waals surface area contributed by atoms with Gasteiger partial charge < -0.3 is 5.32 Å². The third-order valence-corrected chi connectivity index (χ3v) is 3.81. The van der Waals surface area contributed by atoms with Crippen molar-refractivity contribution in [3.8, 4) is 0 Å². The van der Waals surface area contributed by atoms with Crippen molar-refractivity contribution in [2.45, 2.75) is 6.54 Å². The molecule has 0 aliphatic heterocycles. The summed E-state index contributed by atoms with van der Waals surface area (Å²) >= 11 is 3.10. The van der Waals surface area contributed by atoms with Gasteiger partial charge >= 0.3 is 0 Å². The number of carbonyl (C=O) groups is 1. The molecule has 3 heterocycles. The van der Waals surface area contributed by atoms with Crippen molar-refractivity contribution in [1.29, 1.82) is 0 Å². The number of hydrogen-bond donors (Lipinski definition) is 1. The van der Waals surface area contributed by atoms with Crippen LogP contribution in [0.2, 0.25) is 0 Å². The summed E-state index contributed by atoms with van der Waals surface area (Å²) in [4.78, 5) is 17.0. The van der Waals surface area contributed by atoms with E-state index in [1.807, 2.05) is 39.0 Å². The number of nitrogens with zero attached hydrogens (tertiary/aromatic N) is 2. The van der Waals surface area contributed by atoms with Crippen LogP contribution in [0.3, 0.4) is 0 Å². The van der Waals surface area contributed by atoms with E-state index in [9.17, 15) is 4.79 Å². The average Bonchev–Trinajstić information content (AvgIpc) is 3.01. The van der Waals surface area contributed by atoms with E-state index in [1.54, 1.807) is 11.3 Å². The molecule has 0 aromatic carbocycles. The van der Waals surface area contributed by atoms with Gasteiger partial charge in [-0.25, -0.2) is 4.98 Å².